The summed E-state index contributed by atoms with van der Waals surface area (Å²) >= 11 is 0. The maximum absolute atomic E-state index is 11.0. The van der Waals surface area contributed by atoms with E-state index in [-0.39, 0.29) is 17.9 Å². The van der Waals surface area contributed by atoms with E-state index in [2.05, 4.69) is 5.16 Å². The zero-order chi connectivity index (χ0) is 14.5. The third-order valence-electron chi connectivity index (χ3n) is 2.81. The van der Waals surface area contributed by atoms with Gasteiger partial charge in [-0.15, -0.1) is 0 Å². The summed E-state index contributed by atoms with van der Waals surface area (Å²) in [4.78, 5) is 11.0. The number of aromatic nitrogens is 1. The van der Waals surface area contributed by atoms with Crippen LogP contribution >= 0.6 is 0 Å². The first kappa shape index (κ1) is 14.1. The van der Waals surface area contributed by atoms with Crippen LogP contribution in [0.15, 0.2) is 28.8 Å². The third-order valence-corrected chi connectivity index (χ3v) is 2.81. The van der Waals surface area contributed by atoms with Gasteiger partial charge < -0.3 is 19.1 Å². The Bertz CT molecular complexity index is 588. The molecule has 0 radical (unpaired) electrons. The third kappa shape index (κ3) is 3.16. The topological polar surface area (TPSA) is 81.8 Å². The highest BCUT2D eigenvalue weighted by atomic mass is 16.5. The Hall–Kier alpha value is -2.34. The molecule has 1 heterocycles. The zero-order valence-corrected chi connectivity index (χ0v) is 11.3. The molecule has 0 unspecified atom stereocenters. The molecular weight excluding hydrogens is 262 g/mol. The van der Waals surface area contributed by atoms with Crippen LogP contribution in [0.25, 0.3) is 0 Å². The molecule has 1 N–H and O–H groups in total. The minimum absolute atomic E-state index is 0.0640. The molecular formula is C14H15NO5. The highest BCUT2D eigenvalue weighted by molar-refractivity contribution is 5.89. The van der Waals surface area contributed by atoms with E-state index in [1.165, 1.54) is 0 Å². The smallest absolute Gasteiger partial charge is 0.341 e. The molecule has 1 aromatic carbocycles. The van der Waals surface area contributed by atoms with Crippen molar-refractivity contribution in [2.45, 2.75) is 20.1 Å². The molecule has 2 rings (SSSR count). The molecule has 20 heavy (non-hydrogen) atoms. The molecule has 0 atom stereocenters. The summed E-state index contributed by atoms with van der Waals surface area (Å²) < 4.78 is 15.5. The molecule has 0 aliphatic carbocycles. The van der Waals surface area contributed by atoms with Crippen molar-refractivity contribution in [1.29, 1.82) is 0 Å². The molecule has 0 saturated carbocycles. The second-order valence-electron chi connectivity index (χ2n) is 4.21. The number of benzene rings is 1. The number of aromatic carboxylic acids is 1. The normalized spacial score (nSPS) is 10.5. The number of rotatable bonds is 6. The van der Waals surface area contributed by atoms with E-state index in [0.717, 1.165) is 11.3 Å². The Kier molecular flexibility index (Phi) is 4.37. The van der Waals surface area contributed by atoms with Crippen LogP contribution in [0.5, 0.6) is 5.75 Å². The van der Waals surface area contributed by atoms with Crippen molar-refractivity contribution in [3.63, 3.8) is 0 Å². The van der Waals surface area contributed by atoms with Crippen LogP contribution in [-0.2, 0) is 18.0 Å². The minimum atomic E-state index is -1.06. The highest BCUT2D eigenvalue weighted by Gasteiger charge is 2.19. The van der Waals surface area contributed by atoms with Gasteiger partial charge in [0.05, 0.1) is 19.4 Å². The van der Waals surface area contributed by atoms with E-state index in [1.807, 2.05) is 24.3 Å². The van der Waals surface area contributed by atoms with Crippen LogP contribution < -0.4 is 4.74 Å². The Morgan fingerprint density at radius 1 is 1.30 bits per heavy atom. The summed E-state index contributed by atoms with van der Waals surface area (Å²) in [5.41, 5.74) is 1.37. The number of aryl methyl sites for hydroxylation is 1. The first-order valence-electron chi connectivity index (χ1n) is 6.01. The van der Waals surface area contributed by atoms with E-state index >= 15 is 0 Å². The van der Waals surface area contributed by atoms with Crippen molar-refractivity contribution >= 4 is 5.97 Å². The number of carbonyl (C=O) groups is 1. The summed E-state index contributed by atoms with van der Waals surface area (Å²) in [6.07, 6.45) is 0. The lowest BCUT2D eigenvalue weighted by atomic mass is 10.2. The fourth-order valence-electron chi connectivity index (χ4n) is 1.77. The number of hydrogen-bond acceptors (Lipinski definition) is 5. The zero-order valence-electron chi connectivity index (χ0n) is 11.3. The second-order valence-corrected chi connectivity index (χ2v) is 4.21. The predicted octanol–water partition coefficient (Wildman–Crippen LogP) is 2.41. The van der Waals surface area contributed by atoms with Gasteiger partial charge in [-0.3, -0.25) is 0 Å². The maximum Gasteiger partial charge on any atom is 0.341 e. The van der Waals surface area contributed by atoms with Crippen LogP contribution in [-0.4, -0.2) is 23.3 Å². The van der Waals surface area contributed by atoms with Crippen LogP contribution in [0.1, 0.15) is 27.4 Å². The molecule has 0 amide bonds. The van der Waals surface area contributed by atoms with Gasteiger partial charge in [0.2, 0.25) is 0 Å². The molecule has 1 aromatic heterocycles. The lowest BCUT2D eigenvalue weighted by molar-refractivity contribution is 0.0667. The number of hydrogen-bond donors (Lipinski definition) is 1. The van der Waals surface area contributed by atoms with E-state index in [4.69, 9.17) is 19.1 Å². The van der Waals surface area contributed by atoms with Gasteiger partial charge in [0.25, 0.3) is 0 Å². The lowest BCUT2D eigenvalue weighted by Gasteiger charge is -2.04. The van der Waals surface area contributed by atoms with Gasteiger partial charge >= 0.3 is 5.97 Å². The minimum Gasteiger partial charge on any atom is -0.497 e. The first-order valence-corrected chi connectivity index (χ1v) is 6.01. The van der Waals surface area contributed by atoms with Crippen LogP contribution in [0.2, 0.25) is 0 Å². The number of nitrogens with zero attached hydrogens (tertiary/aromatic N) is 1. The Labute approximate surface area is 115 Å². The van der Waals surface area contributed by atoms with Crippen molar-refractivity contribution < 1.29 is 23.9 Å². The van der Waals surface area contributed by atoms with Gasteiger partial charge in [0, 0.05) is 0 Å². The molecule has 6 heteroatoms. The summed E-state index contributed by atoms with van der Waals surface area (Å²) in [6, 6.07) is 7.42. The van der Waals surface area contributed by atoms with Gasteiger partial charge in [-0.2, -0.15) is 0 Å². The average Bonchev–Trinajstić information content (AvgIpc) is 2.81. The molecule has 0 bridgehead atoms. The monoisotopic (exact) mass is 277 g/mol. The van der Waals surface area contributed by atoms with Crippen LogP contribution in [0, 0.1) is 6.92 Å². The molecule has 0 spiro atoms. The van der Waals surface area contributed by atoms with Gasteiger partial charge in [0.1, 0.15) is 17.9 Å². The van der Waals surface area contributed by atoms with E-state index in [9.17, 15) is 4.79 Å². The summed E-state index contributed by atoms with van der Waals surface area (Å²) in [6.45, 7) is 2.00. The SMILES string of the molecule is COc1ccc(COCc2onc(C)c2C(=O)O)cc1. The van der Waals surface area contributed by atoms with Gasteiger partial charge in [-0.1, -0.05) is 17.3 Å². The molecule has 6 nitrogen and oxygen atoms in total. The average molecular weight is 277 g/mol. The quantitative estimate of drug-likeness (QED) is 0.873. The fourth-order valence-corrected chi connectivity index (χ4v) is 1.77. The molecule has 106 valence electrons. The second kappa shape index (κ2) is 6.21. The summed E-state index contributed by atoms with van der Waals surface area (Å²) in [5, 5.41) is 12.7. The van der Waals surface area contributed by atoms with Crippen LogP contribution in [0.4, 0.5) is 0 Å². The van der Waals surface area contributed by atoms with Crippen molar-refractivity contribution in [3.05, 3.63) is 46.8 Å². The summed E-state index contributed by atoms with van der Waals surface area (Å²) in [7, 11) is 1.60. The van der Waals surface area contributed by atoms with Crippen molar-refractivity contribution in [1.82, 2.24) is 5.16 Å². The van der Waals surface area contributed by atoms with E-state index in [0.29, 0.717) is 12.3 Å². The number of carboxylic acid groups (broad SMARTS) is 1. The fraction of sp³-hybridized carbons (Fsp3) is 0.286. The Morgan fingerprint density at radius 2 is 2.00 bits per heavy atom. The standard InChI is InChI=1S/C14H15NO5/c1-9-13(14(16)17)12(20-15-9)8-19-7-10-3-5-11(18-2)6-4-10/h3-6H,7-8H2,1-2H3,(H,16,17). The Balaban J connectivity index is 1.94. The predicted molar refractivity (Wildman–Crippen MR) is 69.7 cm³/mol. The molecule has 0 aliphatic heterocycles. The summed E-state index contributed by atoms with van der Waals surface area (Å²) in [5.74, 6) is -0.0666. The highest BCUT2D eigenvalue weighted by Crippen LogP contribution is 2.16. The first-order chi connectivity index (χ1) is 9.61. The maximum atomic E-state index is 11.0. The molecule has 2 aromatic rings. The van der Waals surface area contributed by atoms with Gasteiger partial charge in [0.15, 0.2) is 5.76 Å². The van der Waals surface area contributed by atoms with Crippen LogP contribution in [0.3, 0.4) is 0 Å². The Morgan fingerprint density at radius 3 is 2.60 bits per heavy atom. The molecule has 0 aliphatic rings. The van der Waals surface area contributed by atoms with Crippen molar-refractivity contribution in [3.8, 4) is 5.75 Å². The van der Waals surface area contributed by atoms with Gasteiger partial charge in [-0.05, 0) is 24.6 Å². The number of ether oxygens (including phenoxy) is 2. The molecule has 0 fully saturated rings. The number of carboxylic acids is 1. The lowest BCUT2D eigenvalue weighted by Crippen LogP contribution is -2.03. The van der Waals surface area contributed by atoms with Crippen molar-refractivity contribution in [2.24, 2.45) is 0 Å². The number of methoxy groups -OCH3 is 1. The van der Waals surface area contributed by atoms with E-state index < -0.39 is 5.97 Å². The van der Waals surface area contributed by atoms with E-state index in [1.54, 1.807) is 14.0 Å². The largest absolute Gasteiger partial charge is 0.497 e. The molecule has 0 saturated heterocycles. The van der Waals surface area contributed by atoms with Crippen molar-refractivity contribution in [2.75, 3.05) is 7.11 Å². The van der Waals surface area contributed by atoms with Gasteiger partial charge in [-0.25, -0.2) is 4.79 Å².